The summed E-state index contributed by atoms with van der Waals surface area (Å²) in [4.78, 5) is 25.1. The van der Waals surface area contributed by atoms with Crippen LogP contribution in [0.5, 0.6) is 0 Å². The van der Waals surface area contributed by atoms with Crippen LogP contribution in [0.15, 0.2) is 17.5 Å². The summed E-state index contributed by atoms with van der Waals surface area (Å²) < 4.78 is 5.22. The minimum absolute atomic E-state index is 0.0948. The number of carbonyl (C=O) groups is 2. The van der Waals surface area contributed by atoms with Crippen molar-refractivity contribution >= 4 is 29.4 Å². The Balaban J connectivity index is 1.85. The number of amides is 2. The third-order valence-corrected chi connectivity index (χ3v) is 4.03. The molecule has 7 heteroatoms. The van der Waals surface area contributed by atoms with Crippen LogP contribution in [0, 0.1) is 0 Å². The number of nitrogens with zero attached hydrogens (tertiary/aromatic N) is 1. The predicted octanol–water partition coefficient (Wildman–Crippen LogP) is 1.78. The maximum atomic E-state index is 12.0. The van der Waals surface area contributed by atoms with Crippen molar-refractivity contribution < 1.29 is 19.4 Å². The van der Waals surface area contributed by atoms with Gasteiger partial charge in [-0.15, -0.1) is 11.3 Å². The number of aliphatic carboxylic acids is 1. The highest BCUT2D eigenvalue weighted by atomic mass is 32.1. The summed E-state index contributed by atoms with van der Waals surface area (Å²) in [6.45, 7) is 1.76. The number of urea groups is 1. The highest BCUT2D eigenvalue weighted by Gasteiger charge is 2.19. The molecular formula is C14H18N2O4S. The first-order chi connectivity index (χ1) is 10.0. The standard InChI is InChI=1S/C14H18N2O4S/c1-16(14(19)15-11-4-5-20-8-11)7-12-6-10(9-21-12)2-3-13(17)18/h2-3,6,9,11H,4-5,7-8H2,1H3,(H,15,19)(H,17,18)/b3-2+. The van der Waals surface area contributed by atoms with Crippen LogP contribution in [0.1, 0.15) is 16.9 Å². The molecule has 6 nitrogen and oxygen atoms in total. The van der Waals surface area contributed by atoms with Gasteiger partial charge >= 0.3 is 12.0 Å². The maximum absolute atomic E-state index is 12.0. The molecule has 2 rings (SSSR count). The molecule has 1 aliphatic rings. The van der Waals surface area contributed by atoms with Crippen LogP contribution in [0.25, 0.3) is 6.08 Å². The van der Waals surface area contributed by atoms with E-state index < -0.39 is 5.97 Å². The summed E-state index contributed by atoms with van der Waals surface area (Å²) >= 11 is 1.50. The van der Waals surface area contributed by atoms with E-state index in [4.69, 9.17) is 9.84 Å². The molecule has 0 aliphatic carbocycles. The molecule has 2 amide bonds. The molecule has 21 heavy (non-hydrogen) atoms. The van der Waals surface area contributed by atoms with Crippen LogP contribution < -0.4 is 5.32 Å². The van der Waals surface area contributed by atoms with Crippen molar-refractivity contribution in [3.8, 4) is 0 Å². The van der Waals surface area contributed by atoms with Gasteiger partial charge in [-0.25, -0.2) is 9.59 Å². The average Bonchev–Trinajstić information content (AvgIpc) is 3.08. The van der Waals surface area contributed by atoms with Crippen LogP contribution in [-0.4, -0.2) is 48.3 Å². The van der Waals surface area contributed by atoms with Crippen molar-refractivity contribution in [1.82, 2.24) is 10.2 Å². The number of hydrogen-bond acceptors (Lipinski definition) is 4. The molecule has 0 saturated carbocycles. The Morgan fingerprint density at radius 3 is 3.10 bits per heavy atom. The Labute approximate surface area is 127 Å². The van der Waals surface area contributed by atoms with E-state index in [1.807, 2.05) is 11.4 Å². The van der Waals surface area contributed by atoms with Gasteiger partial charge in [-0.3, -0.25) is 0 Å². The number of carboxylic acid groups (broad SMARTS) is 1. The molecule has 0 aromatic carbocycles. The molecular weight excluding hydrogens is 292 g/mol. The minimum Gasteiger partial charge on any atom is -0.478 e. The largest absolute Gasteiger partial charge is 0.478 e. The first-order valence-corrected chi connectivity index (χ1v) is 7.50. The van der Waals surface area contributed by atoms with Gasteiger partial charge in [-0.1, -0.05) is 0 Å². The molecule has 0 bridgehead atoms. The molecule has 0 radical (unpaired) electrons. The fourth-order valence-electron chi connectivity index (χ4n) is 1.97. The Morgan fingerprint density at radius 1 is 1.62 bits per heavy atom. The molecule has 1 aromatic rings. The highest BCUT2D eigenvalue weighted by molar-refractivity contribution is 7.10. The van der Waals surface area contributed by atoms with Gasteiger partial charge in [0.05, 0.1) is 19.2 Å². The van der Waals surface area contributed by atoms with Crippen LogP contribution >= 0.6 is 11.3 Å². The third kappa shape index (κ3) is 4.87. The molecule has 2 heterocycles. The lowest BCUT2D eigenvalue weighted by Crippen LogP contribution is -2.42. The number of nitrogens with one attached hydrogen (secondary N) is 1. The summed E-state index contributed by atoms with van der Waals surface area (Å²) in [6.07, 6.45) is 3.49. The quantitative estimate of drug-likeness (QED) is 0.813. The Hall–Kier alpha value is -1.86. The molecule has 2 N–H and O–H groups in total. The van der Waals surface area contributed by atoms with E-state index in [1.54, 1.807) is 11.9 Å². The van der Waals surface area contributed by atoms with Crippen molar-refractivity contribution in [1.29, 1.82) is 0 Å². The summed E-state index contributed by atoms with van der Waals surface area (Å²) in [5, 5.41) is 13.4. The zero-order valence-corrected chi connectivity index (χ0v) is 12.6. The van der Waals surface area contributed by atoms with Crippen molar-refractivity contribution in [3.63, 3.8) is 0 Å². The predicted molar refractivity (Wildman–Crippen MR) is 80.2 cm³/mol. The third-order valence-electron chi connectivity index (χ3n) is 3.09. The fraction of sp³-hybridized carbons (Fsp3) is 0.429. The van der Waals surface area contributed by atoms with Crippen LogP contribution in [0.4, 0.5) is 4.79 Å². The number of thiophene rings is 1. The average molecular weight is 310 g/mol. The van der Waals surface area contributed by atoms with Crippen LogP contribution in [-0.2, 0) is 16.1 Å². The SMILES string of the molecule is CN(Cc1cc(/C=C/C(=O)O)cs1)C(=O)NC1CCOC1. The van der Waals surface area contributed by atoms with Crippen LogP contribution in [0.2, 0.25) is 0 Å². The molecule has 1 aromatic heterocycles. The van der Waals surface area contributed by atoms with Gasteiger partial charge < -0.3 is 20.1 Å². The second-order valence-corrected chi connectivity index (χ2v) is 5.88. The summed E-state index contributed by atoms with van der Waals surface area (Å²) in [6, 6.07) is 1.85. The summed E-state index contributed by atoms with van der Waals surface area (Å²) in [5.41, 5.74) is 0.829. The zero-order valence-electron chi connectivity index (χ0n) is 11.7. The van der Waals surface area contributed by atoms with Crippen molar-refractivity contribution in [2.75, 3.05) is 20.3 Å². The van der Waals surface area contributed by atoms with Crippen molar-refractivity contribution in [2.45, 2.75) is 19.0 Å². The van der Waals surface area contributed by atoms with Gasteiger partial charge in [-0.05, 0) is 29.5 Å². The first-order valence-electron chi connectivity index (χ1n) is 6.62. The normalized spacial score (nSPS) is 18.0. The highest BCUT2D eigenvalue weighted by Crippen LogP contribution is 2.17. The number of carboxylic acids is 1. The van der Waals surface area contributed by atoms with Gasteiger partial charge in [0.1, 0.15) is 0 Å². The van der Waals surface area contributed by atoms with E-state index in [-0.39, 0.29) is 12.1 Å². The maximum Gasteiger partial charge on any atom is 0.328 e. The van der Waals surface area contributed by atoms with E-state index in [0.717, 1.165) is 22.9 Å². The Kier molecular flexibility index (Phi) is 5.35. The van der Waals surface area contributed by atoms with Gasteiger partial charge in [0.25, 0.3) is 0 Å². The molecule has 1 atom stereocenters. The number of rotatable bonds is 5. The summed E-state index contributed by atoms with van der Waals surface area (Å²) in [5.74, 6) is -0.974. The van der Waals surface area contributed by atoms with Gasteiger partial charge in [0.15, 0.2) is 0 Å². The van der Waals surface area contributed by atoms with Gasteiger partial charge in [0.2, 0.25) is 0 Å². The smallest absolute Gasteiger partial charge is 0.328 e. The zero-order chi connectivity index (χ0) is 15.2. The Morgan fingerprint density at radius 2 is 2.43 bits per heavy atom. The molecule has 0 spiro atoms. The lowest BCUT2D eigenvalue weighted by molar-refractivity contribution is -0.131. The lowest BCUT2D eigenvalue weighted by atomic mass is 10.2. The molecule has 114 valence electrons. The van der Waals surface area contributed by atoms with E-state index in [0.29, 0.717) is 19.8 Å². The van der Waals surface area contributed by atoms with Gasteiger partial charge in [-0.2, -0.15) is 0 Å². The van der Waals surface area contributed by atoms with Crippen LogP contribution in [0.3, 0.4) is 0 Å². The minimum atomic E-state index is -0.974. The molecule has 1 aliphatic heterocycles. The van der Waals surface area contributed by atoms with E-state index >= 15 is 0 Å². The Bertz CT molecular complexity index is 535. The number of carbonyl (C=O) groups excluding carboxylic acids is 1. The molecule has 1 fully saturated rings. The monoisotopic (exact) mass is 310 g/mol. The van der Waals surface area contributed by atoms with E-state index in [2.05, 4.69) is 5.32 Å². The van der Waals surface area contributed by atoms with Crippen molar-refractivity contribution in [2.24, 2.45) is 0 Å². The van der Waals surface area contributed by atoms with E-state index in [1.165, 1.54) is 17.4 Å². The first kappa shape index (κ1) is 15.5. The lowest BCUT2D eigenvalue weighted by Gasteiger charge is -2.19. The van der Waals surface area contributed by atoms with Gasteiger partial charge in [0, 0.05) is 24.6 Å². The second kappa shape index (κ2) is 7.24. The number of hydrogen-bond donors (Lipinski definition) is 2. The topological polar surface area (TPSA) is 78.9 Å². The molecule has 1 saturated heterocycles. The van der Waals surface area contributed by atoms with E-state index in [9.17, 15) is 9.59 Å². The van der Waals surface area contributed by atoms with Crippen molar-refractivity contribution in [3.05, 3.63) is 28.0 Å². The fourth-order valence-corrected chi connectivity index (χ4v) is 2.88. The second-order valence-electron chi connectivity index (χ2n) is 4.88. The summed E-state index contributed by atoms with van der Waals surface area (Å²) in [7, 11) is 1.73. The molecule has 1 unspecified atom stereocenters. The number of ether oxygens (including phenoxy) is 1.